The molecule has 0 saturated heterocycles. The normalized spacial score (nSPS) is 12.0. The van der Waals surface area contributed by atoms with Gasteiger partial charge in [-0.2, -0.15) is 4.39 Å². The quantitative estimate of drug-likeness (QED) is 0.408. The summed E-state index contributed by atoms with van der Waals surface area (Å²) in [6.07, 6.45) is 1.30. The van der Waals surface area contributed by atoms with Crippen molar-refractivity contribution in [3.63, 3.8) is 0 Å². The number of carbonyl (C=O) groups excluding carboxylic acids is 1. The van der Waals surface area contributed by atoms with E-state index in [-0.39, 0.29) is 28.8 Å². The Morgan fingerprint density at radius 3 is 2.72 bits per heavy atom. The molecular weight excluding hydrogens is 380 g/mol. The number of esters is 1. The molecule has 0 amide bonds. The van der Waals surface area contributed by atoms with Crippen LogP contribution in [0.4, 0.5) is 8.78 Å². The third kappa shape index (κ3) is 2.37. The molecule has 29 heavy (non-hydrogen) atoms. The SMILES string of the molecule is CCOC(=O)c1cn2c3c(c(F)c(F)cc3c1=O)Oc1ccc3ccccc3c1-2. The minimum absolute atomic E-state index is 0.0609. The van der Waals surface area contributed by atoms with E-state index >= 15 is 0 Å². The van der Waals surface area contributed by atoms with Gasteiger partial charge < -0.3 is 14.0 Å². The van der Waals surface area contributed by atoms with E-state index in [2.05, 4.69) is 0 Å². The van der Waals surface area contributed by atoms with Gasteiger partial charge in [-0.15, -0.1) is 0 Å². The molecule has 0 spiro atoms. The van der Waals surface area contributed by atoms with Gasteiger partial charge >= 0.3 is 5.97 Å². The maximum Gasteiger partial charge on any atom is 0.343 e. The standard InChI is InChI=1S/C22H13F2NO4/c1-2-28-22(27)14-10-25-18-12-6-4-3-5-11(12)7-8-16(18)29-21-17(24)15(23)9-13(19(21)25)20(14)26/h3-10H,2H2,1H3. The van der Waals surface area contributed by atoms with Crippen LogP contribution in [0.15, 0.2) is 53.5 Å². The van der Waals surface area contributed by atoms with Gasteiger partial charge in [0.25, 0.3) is 0 Å². The highest BCUT2D eigenvalue weighted by Crippen LogP contribution is 2.44. The van der Waals surface area contributed by atoms with Crippen molar-refractivity contribution in [3.8, 4) is 17.2 Å². The molecule has 0 radical (unpaired) electrons. The highest BCUT2D eigenvalue weighted by atomic mass is 19.2. The van der Waals surface area contributed by atoms with Gasteiger partial charge in [0.05, 0.1) is 17.7 Å². The number of benzene rings is 3. The zero-order chi connectivity index (χ0) is 20.3. The van der Waals surface area contributed by atoms with Crippen LogP contribution in [0.2, 0.25) is 0 Å². The molecule has 7 heteroatoms. The third-order valence-electron chi connectivity index (χ3n) is 4.95. The lowest BCUT2D eigenvalue weighted by atomic mass is 10.0. The second kappa shape index (κ2) is 6.13. The monoisotopic (exact) mass is 393 g/mol. The van der Waals surface area contributed by atoms with Gasteiger partial charge in [-0.1, -0.05) is 30.3 Å². The van der Waals surface area contributed by atoms with Crippen LogP contribution in [0, 0.1) is 11.6 Å². The first-order chi connectivity index (χ1) is 14.0. The minimum atomic E-state index is -1.23. The molecule has 3 aromatic carbocycles. The molecule has 0 aliphatic carbocycles. The first-order valence-corrected chi connectivity index (χ1v) is 8.95. The van der Waals surface area contributed by atoms with Gasteiger partial charge in [0.2, 0.25) is 11.2 Å². The number of aromatic nitrogens is 1. The zero-order valence-corrected chi connectivity index (χ0v) is 15.2. The Kier molecular flexibility index (Phi) is 3.67. The fourth-order valence-corrected chi connectivity index (χ4v) is 3.70. The Labute approximate surface area is 162 Å². The lowest BCUT2D eigenvalue weighted by molar-refractivity contribution is 0.0524. The Hall–Kier alpha value is -3.74. The number of ether oxygens (including phenoxy) is 2. The Balaban J connectivity index is 1.99. The highest BCUT2D eigenvalue weighted by molar-refractivity contribution is 6.01. The molecule has 1 aromatic heterocycles. The predicted octanol–water partition coefficient (Wildman–Crippen LogP) is 4.70. The molecule has 0 fully saturated rings. The number of nitrogens with zero attached hydrogens (tertiary/aromatic N) is 1. The summed E-state index contributed by atoms with van der Waals surface area (Å²) in [4.78, 5) is 25.2. The van der Waals surface area contributed by atoms with Crippen LogP contribution < -0.4 is 10.2 Å². The molecule has 1 aliphatic heterocycles. The largest absolute Gasteiger partial charge is 0.462 e. The molecule has 0 bridgehead atoms. The maximum atomic E-state index is 14.6. The maximum absolute atomic E-state index is 14.6. The summed E-state index contributed by atoms with van der Waals surface area (Å²) in [7, 11) is 0. The number of rotatable bonds is 2. The van der Waals surface area contributed by atoms with E-state index in [9.17, 15) is 18.4 Å². The van der Waals surface area contributed by atoms with E-state index < -0.39 is 28.8 Å². The summed E-state index contributed by atoms with van der Waals surface area (Å²) in [6, 6.07) is 11.6. The van der Waals surface area contributed by atoms with Gasteiger partial charge in [-0.3, -0.25) is 4.79 Å². The summed E-state index contributed by atoms with van der Waals surface area (Å²) in [5, 5.41) is 1.48. The van der Waals surface area contributed by atoms with Crippen LogP contribution >= 0.6 is 0 Å². The van der Waals surface area contributed by atoms with E-state index in [4.69, 9.17) is 9.47 Å². The molecule has 5 rings (SSSR count). The van der Waals surface area contributed by atoms with Gasteiger partial charge in [0.1, 0.15) is 11.1 Å². The third-order valence-corrected chi connectivity index (χ3v) is 4.95. The number of hydrogen-bond acceptors (Lipinski definition) is 4. The van der Waals surface area contributed by atoms with Crippen LogP contribution in [-0.2, 0) is 4.74 Å². The van der Waals surface area contributed by atoms with Crippen molar-refractivity contribution < 1.29 is 23.0 Å². The summed E-state index contributed by atoms with van der Waals surface area (Å²) >= 11 is 0. The van der Waals surface area contributed by atoms with Crippen LogP contribution in [0.1, 0.15) is 17.3 Å². The number of halogens is 2. The second-order valence-electron chi connectivity index (χ2n) is 6.60. The molecule has 4 aromatic rings. The smallest absolute Gasteiger partial charge is 0.343 e. The molecule has 2 heterocycles. The number of fused-ring (bicyclic) bond motifs is 4. The number of hydrogen-bond donors (Lipinski definition) is 0. The van der Waals surface area contributed by atoms with Crippen LogP contribution in [0.25, 0.3) is 27.4 Å². The Morgan fingerprint density at radius 1 is 1.14 bits per heavy atom. The molecule has 0 saturated carbocycles. The topological polar surface area (TPSA) is 57.5 Å². The van der Waals surface area contributed by atoms with Gasteiger partial charge in [-0.05, 0) is 24.4 Å². The Bertz CT molecular complexity index is 1410. The van der Waals surface area contributed by atoms with Crippen LogP contribution in [-0.4, -0.2) is 17.1 Å². The second-order valence-corrected chi connectivity index (χ2v) is 6.60. The molecule has 144 valence electrons. The lowest BCUT2D eigenvalue weighted by Gasteiger charge is -2.25. The number of pyridine rings is 1. The van der Waals surface area contributed by atoms with Gasteiger partial charge in [-0.25, -0.2) is 9.18 Å². The Morgan fingerprint density at radius 2 is 1.93 bits per heavy atom. The molecule has 5 nitrogen and oxygen atoms in total. The van der Waals surface area contributed by atoms with Crippen molar-refractivity contribution in [2.75, 3.05) is 6.61 Å². The van der Waals surface area contributed by atoms with Crippen LogP contribution in [0.3, 0.4) is 0 Å². The van der Waals surface area contributed by atoms with E-state index in [0.29, 0.717) is 5.69 Å². The number of carbonyl (C=O) groups is 1. The molecular formula is C22H13F2NO4. The summed E-state index contributed by atoms with van der Waals surface area (Å²) in [5.74, 6) is -3.38. The van der Waals surface area contributed by atoms with Gasteiger partial charge in [0, 0.05) is 11.6 Å². The molecule has 0 atom stereocenters. The fraction of sp³-hybridized carbons (Fsp3) is 0.0909. The van der Waals surface area contributed by atoms with E-state index in [1.807, 2.05) is 24.3 Å². The first-order valence-electron chi connectivity index (χ1n) is 8.95. The van der Waals surface area contributed by atoms with Crippen molar-refractivity contribution >= 4 is 27.6 Å². The van der Waals surface area contributed by atoms with Crippen molar-refractivity contribution in [2.45, 2.75) is 6.92 Å². The van der Waals surface area contributed by atoms with Crippen molar-refractivity contribution in [3.05, 3.63) is 76.1 Å². The zero-order valence-electron chi connectivity index (χ0n) is 15.2. The van der Waals surface area contributed by atoms with Crippen molar-refractivity contribution in [2.24, 2.45) is 0 Å². The summed E-state index contributed by atoms with van der Waals surface area (Å²) in [5.41, 5.74) is -0.429. The lowest BCUT2D eigenvalue weighted by Crippen LogP contribution is -2.22. The molecule has 0 N–H and O–H groups in total. The summed E-state index contributed by atoms with van der Waals surface area (Å²) in [6.45, 7) is 1.69. The van der Waals surface area contributed by atoms with E-state index in [1.54, 1.807) is 19.1 Å². The van der Waals surface area contributed by atoms with Crippen LogP contribution in [0.5, 0.6) is 11.5 Å². The summed E-state index contributed by atoms with van der Waals surface area (Å²) < 4.78 is 40.9. The van der Waals surface area contributed by atoms with Gasteiger partial charge in [0.15, 0.2) is 17.3 Å². The average molecular weight is 393 g/mol. The molecule has 1 aliphatic rings. The van der Waals surface area contributed by atoms with E-state index in [0.717, 1.165) is 16.8 Å². The molecule has 0 unspecified atom stereocenters. The fourth-order valence-electron chi connectivity index (χ4n) is 3.70. The van der Waals surface area contributed by atoms with E-state index in [1.165, 1.54) is 10.8 Å². The van der Waals surface area contributed by atoms with Crippen molar-refractivity contribution in [1.29, 1.82) is 0 Å². The first kappa shape index (κ1) is 17.4. The van der Waals surface area contributed by atoms with Crippen molar-refractivity contribution in [1.82, 2.24) is 4.57 Å². The highest BCUT2D eigenvalue weighted by Gasteiger charge is 2.29. The minimum Gasteiger partial charge on any atom is -0.462 e. The average Bonchev–Trinajstić information content (AvgIpc) is 2.73. The predicted molar refractivity (Wildman–Crippen MR) is 103 cm³/mol.